The number of hydrogen-bond acceptors (Lipinski definition) is 4. The average molecular weight is 306 g/mol. The molecule has 0 aliphatic heterocycles. The lowest BCUT2D eigenvalue weighted by Crippen LogP contribution is -2.39. The average Bonchev–Trinajstić information content (AvgIpc) is 2.43. The Balaban J connectivity index is 2.67. The number of likely N-dealkylation sites (N-methyl/N-ethyl adjacent to an activating group) is 2. The summed E-state index contributed by atoms with van der Waals surface area (Å²) in [7, 11) is 2.97. The number of carbonyl (C=O) groups excluding carboxylic acids is 3. The molecule has 22 heavy (non-hydrogen) atoms. The lowest BCUT2D eigenvalue weighted by Gasteiger charge is -2.16. The Morgan fingerprint density at radius 1 is 1.14 bits per heavy atom. The molecule has 6 heteroatoms. The number of carbonyl (C=O) groups is 3. The standard InChI is InChI=1S/C16H22N2O4/c1-10-6-11(2)15(12(3)7-10)16(21)22-9-14(20)18(5)8-13(19)17-4/h6-7H,8-9H2,1-5H3,(H,17,19). The molecule has 0 radical (unpaired) electrons. The third kappa shape index (κ3) is 4.58. The third-order valence-corrected chi connectivity index (χ3v) is 3.29. The van der Waals surface area contributed by atoms with E-state index in [2.05, 4.69) is 5.32 Å². The van der Waals surface area contributed by atoms with E-state index >= 15 is 0 Å². The molecule has 0 aliphatic carbocycles. The molecule has 0 saturated heterocycles. The third-order valence-electron chi connectivity index (χ3n) is 3.29. The van der Waals surface area contributed by atoms with Crippen molar-refractivity contribution >= 4 is 17.8 Å². The fraction of sp³-hybridized carbons (Fsp3) is 0.438. The van der Waals surface area contributed by atoms with Gasteiger partial charge in [0.25, 0.3) is 5.91 Å². The molecule has 0 saturated carbocycles. The fourth-order valence-corrected chi connectivity index (χ4v) is 2.19. The summed E-state index contributed by atoms with van der Waals surface area (Å²) >= 11 is 0. The van der Waals surface area contributed by atoms with Crippen LogP contribution in [0.3, 0.4) is 0 Å². The van der Waals surface area contributed by atoms with Crippen LogP contribution >= 0.6 is 0 Å². The quantitative estimate of drug-likeness (QED) is 0.823. The molecule has 0 aliphatic rings. The highest BCUT2D eigenvalue weighted by Gasteiger charge is 2.18. The van der Waals surface area contributed by atoms with Crippen LogP contribution in [0.4, 0.5) is 0 Å². The van der Waals surface area contributed by atoms with Crippen molar-refractivity contribution in [3.63, 3.8) is 0 Å². The maximum atomic E-state index is 12.1. The van der Waals surface area contributed by atoms with Crippen LogP contribution in [0.5, 0.6) is 0 Å². The van der Waals surface area contributed by atoms with Crippen molar-refractivity contribution in [1.82, 2.24) is 10.2 Å². The highest BCUT2D eigenvalue weighted by atomic mass is 16.5. The van der Waals surface area contributed by atoms with Crippen LogP contribution in [0.2, 0.25) is 0 Å². The summed E-state index contributed by atoms with van der Waals surface area (Å²) in [5, 5.41) is 2.42. The second-order valence-electron chi connectivity index (χ2n) is 5.27. The Hall–Kier alpha value is -2.37. The molecular weight excluding hydrogens is 284 g/mol. The Kier molecular flexibility index (Phi) is 6.10. The molecule has 0 fully saturated rings. The van der Waals surface area contributed by atoms with Gasteiger partial charge in [-0.3, -0.25) is 9.59 Å². The van der Waals surface area contributed by atoms with Gasteiger partial charge in [-0.05, 0) is 31.9 Å². The van der Waals surface area contributed by atoms with Crippen molar-refractivity contribution in [2.24, 2.45) is 0 Å². The smallest absolute Gasteiger partial charge is 0.339 e. The number of ether oxygens (including phenoxy) is 1. The van der Waals surface area contributed by atoms with Crippen molar-refractivity contribution in [3.05, 3.63) is 34.4 Å². The zero-order chi connectivity index (χ0) is 16.9. The molecule has 1 rings (SSSR count). The van der Waals surface area contributed by atoms with Gasteiger partial charge in [-0.2, -0.15) is 0 Å². The molecule has 1 aromatic carbocycles. The van der Waals surface area contributed by atoms with E-state index in [4.69, 9.17) is 4.74 Å². The molecule has 120 valence electrons. The first-order chi connectivity index (χ1) is 10.3. The van der Waals surface area contributed by atoms with Crippen LogP contribution in [0.15, 0.2) is 12.1 Å². The molecule has 1 aromatic rings. The fourth-order valence-electron chi connectivity index (χ4n) is 2.19. The highest BCUT2D eigenvalue weighted by molar-refractivity contribution is 5.94. The van der Waals surface area contributed by atoms with Gasteiger partial charge in [0.05, 0.1) is 12.1 Å². The van der Waals surface area contributed by atoms with Gasteiger partial charge >= 0.3 is 5.97 Å². The minimum absolute atomic E-state index is 0.0739. The van der Waals surface area contributed by atoms with Gasteiger partial charge in [-0.1, -0.05) is 17.7 Å². The summed E-state index contributed by atoms with van der Waals surface area (Å²) in [6, 6.07) is 3.78. The van der Waals surface area contributed by atoms with Crippen molar-refractivity contribution in [1.29, 1.82) is 0 Å². The Morgan fingerprint density at radius 3 is 2.18 bits per heavy atom. The minimum atomic E-state index is -0.531. The number of aryl methyl sites for hydroxylation is 3. The topological polar surface area (TPSA) is 75.7 Å². The second-order valence-corrected chi connectivity index (χ2v) is 5.27. The van der Waals surface area contributed by atoms with E-state index in [0.29, 0.717) is 5.56 Å². The van der Waals surface area contributed by atoms with Crippen LogP contribution in [0.25, 0.3) is 0 Å². The van der Waals surface area contributed by atoms with E-state index < -0.39 is 11.9 Å². The van der Waals surface area contributed by atoms with Crippen LogP contribution < -0.4 is 5.32 Å². The molecule has 0 heterocycles. The molecule has 0 spiro atoms. The summed E-state index contributed by atoms with van der Waals surface area (Å²) < 4.78 is 5.07. The summed E-state index contributed by atoms with van der Waals surface area (Å²) in [4.78, 5) is 36.4. The number of esters is 1. The number of hydrogen-bond donors (Lipinski definition) is 1. The van der Waals surface area contributed by atoms with E-state index in [1.165, 1.54) is 19.0 Å². The van der Waals surface area contributed by atoms with Crippen LogP contribution in [-0.2, 0) is 14.3 Å². The van der Waals surface area contributed by atoms with Gasteiger partial charge in [0.2, 0.25) is 5.91 Å². The molecular formula is C16H22N2O4. The van der Waals surface area contributed by atoms with E-state index in [-0.39, 0.29) is 19.1 Å². The van der Waals surface area contributed by atoms with Crippen molar-refractivity contribution in [3.8, 4) is 0 Å². The van der Waals surface area contributed by atoms with Gasteiger partial charge in [0, 0.05) is 14.1 Å². The van der Waals surface area contributed by atoms with Gasteiger partial charge in [0.15, 0.2) is 6.61 Å². The number of amides is 2. The first kappa shape index (κ1) is 17.7. The van der Waals surface area contributed by atoms with Gasteiger partial charge in [-0.25, -0.2) is 4.79 Å². The van der Waals surface area contributed by atoms with Gasteiger partial charge < -0.3 is 15.0 Å². The molecule has 1 N–H and O–H groups in total. The van der Waals surface area contributed by atoms with E-state index in [9.17, 15) is 14.4 Å². The molecule has 2 amide bonds. The Labute approximate surface area is 130 Å². The van der Waals surface area contributed by atoms with E-state index in [1.807, 2.05) is 32.9 Å². The lowest BCUT2D eigenvalue weighted by atomic mass is 10.00. The molecule has 0 unspecified atom stereocenters. The lowest BCUT2D eigenvalue weighted by molar-refractivity contribution is -0.137. The Bertz CT molecular complexity index is 573. The van der Waals surface area contributed by atoms with Crippen molar-refractivity contribution in [2.75, 3.05) is 27.2 Å². The van der Waals surface area contributed by atoms with Crippen molar-refractivity contribution in [2.45, 2.75) is 20.8 Å². The van der Waals surface area contributed by atoms with Crippen LogP contribution in [0, 0.1) is 20.8 Å². The molecule has 0 bridgehead atoms. The zero-order valence-corrected chi connectivity index (χ0v) is 13.6. The van der Waals surface area contributed by atoms with Crippen LogP contribution in [-0.4, -0.2) is 49.9 Å². The number of benzene rings is 1. The summed E-state index contributed by atoms with van der Waals surface area (Å²) in [5.74, 6) is -1.25. The van der Waals surface area contributed by atoms with E-state index in [0.717, 1.165) is 16.7 Å². The summed E-state index contributed by atoms with van der Waals surface area (Å²) in [6.45, 7) is 5.15. The SMILES string of the molecule is CNC(=O)CN(C)C(=O)COC(=O)c1c(C)cc(C)cc1C. The summed E-state index contributed by atoms with van der Waals surface area (Å²) in [6.07, 6.45) is 0. The second kappa shape index (κ2) is 7.59. The number of nitrogens with zero attached hydrogens (tertiary/aromatic N) is 1. The van der Waals surface area contributed by atoms with Crippen LogP contribution in [0.1, 0.15) is 27.0 Å². The predicted molar refractivity (Wildman–Crippen MR) is 82.6 cm³/mol. The monoisotopic (exact) mass is 306 g/mol. The van der Waals surface area contributed by atoms with Gasteiger partial charge in [-0.15, -0.1) is 0 Å². The van der Waals surface area contributed by atoms with Gasteiger partial charge in [0.1, 0.15) is 0 Å². The maximum absolute atomic E-state index is 12.1. The first-order valence-corrected chi connectivity index (χ1v) is 6.95. The summed E-state index contributed by atoms with van der Waals surface area (Å²) in [5.41, 5.74) is 3.17. The van der Waals surface area contributed by atoms with Crippen molar-refractivity contribution < 1.29 is 19.1 Å². The van der Waals surface area contributed by atoms with E-state index in [1.54, 1.807) is 0 Å². The number of rotatable bonds is 5. The largest absolute Gasteiger partial charge is 0.452 e. The minimum Gasteiger partial charge on any atom is -0.452 e. The number of nitrogens with one attached hydrogen (secondary N) is 1. The molecule has 0 atom stereocenters. The molecule has 0 aromatic heterocycles. The Morgan fingerprint density at radius 2 is 1.68 bits per heavy atom. The predicted octanol–water partition coefficient (Wildman–Crippen LogP) is 0.973. The highest BCUT2D eigenvalue weighted by Crippen LogP contribution is 2.17. The zero-order valence-electron chi connectivity index (χ0n) is 13.6. The first-order valence-electron chi connectivity index (χ1n) is 6.95. The maximum Gasteiger partial charge on any atom is 0.339 e. The normalized spacial score (nSPS) is 10.0. The molecule has 6 nitrogen and oxygen atoms in total.